The van der Waals surface area contributed by atoms with Gasteiger partial charge >= 0.3 is 5.97 Å². The molecule has 3 aromatic rings. The number of rotatable bonds is 8. The van der Waals surface area contributed by atoms with E-state index in [2.05, 4.69) is 15.9 Å². The topological polar surface area (TPSA) is 116 Å². The quantitative estimate of drug-likeness (QED) is 0.277. The van der Waals surface area contributed by atoms with Crippen LogP contribution in [-0.4, -0.2) is 65.4 Å². The number of aromatic nitrogens is 2. The van der Waals surface area contributed by atoms with Gasteiger partial charge in [0.05, 0.1) is 23.6 Å². The molecule has 180 valence electrons. The molecule has 34 heavy (non-hydrogen) atoms. The molecule has 2 aromatic heterocycles. The van der Waals surface area contributed by atoms with Gasteiger partial charge in [0.25, 0.3) is 5.56 Å². The average molecular weight is 505 g/mol. The number of halogens is 1. The highest BCUT2D eigenvalue weighted by Crippen LogP contribution is 2.29. The number of nitrogens with one attached hydrogen (secondary N) is 2. The number of terminal acetylenes is 1. The van der Waals surface area contributed by atoms with Gasteiger partial charge in [0, 0.05) is 41.6 Å². The van der Waals surface area contributed by atoms with Gasteiger partial charge in [-0.25, -0.2) is 17.6 Å². The smallest absolute Gasteiger partial charge is 0.340 e. The summed E-state index contributed by atoms with van der Waals surface area (Å²) in [7, 11) is -3.99. The second kappa shape index (κ2) is 9.80. The van der Waals surface area contributed by atoms with Crippen molar-refractivity contribution < 1.29 is 17.9 Å². The van der Waals surface area contributed by atoms with Gasteiger partial charge in [0.2, 0.25) is 10.0 Å². The number of hydrogen-bond acceptors (Lipinski definition) is 6. The maximum absolute atomic E-state index is 13.6. The number of aromatic amines is 2. The molecule has 11 heteroatoms. The minimum atomic E-state index is -3.99. The van der Waals surface area contributed by atoms with Crippen molar-refractivity contribution in [1.82, 2.24) is 18.7 Å². The van der Waals surface area contributed by atoms with Crippen molar-refractivity contribution in [3.05, 3.63) is 40.3 Å². The molecule has 0 unspecified atom stereocenters. The van der Waals surface area contributed by atoms with Gasteiger partial charge in [-0.15, -0.1) is 6.42 Å². The maximum atomic E-state index is 13.6. The SMILES string of the molecule is C#CCN(C[C@@H]1CCCN1Cl)S(=O)(=O)c1ccc2[nH]c(=O)c3[nH]cc(C(=O)OCCC)c3c2c1. The number of hydrogen-bond donors (Lipinski definition) is 2. The van der Waals surface area contributed by atoms with Crippen molar-refractivity contribution in [2.75, 3.05) is 26.2 Å². The number of carbonyl (C=O) groups excluding carboxylic acids is 1. The largest absolute Gasteiger partial charge is 0.462 e. The predicted octanol–water partition coefficient (Wildman–Crippen LogP) is 2.82. The molecule has 0 saturated carbocycles. The summed E-state index contributed by atoms with van der Waals surface area (Å²) in [6.07, 6.45) is 9.17. The third-order valence-corrected chi connectivity index (χ3v) is 8.15. The Balaban J connectivity index is 1.82. The van der Waals surface area contributed by atoms with Gasteiger partial charge in [0.1, 0.15) is 5.52 Å². The van der Waals surface area contributed by atoms with E-state index >= 15 is 0 Å². The third kappa shape index (κ3) is 4.44. The molecule has 0 aliphatic carbocycles. The normalized spacial score (nSPS) is 16.9. The molecule has 0 bridgehead atoms. The second-order valence-corrected chi connectivity index (χ2v) is 10.5. The average Bonchev–Trinajstić information content (AvgIpc) is 3.44. The lowest BCUT2D eigenvalue weighted by Crippen LogP contribution is -2.40. The number of esters is 1. The Kier molecular flexibility index (Phi) is 7.00. The lowest BCUT2D eigenvalue weighted by atomic mass is 10.1. The zero-order valence-electron chi connectivity index (χ0n) is 18.6. The molecule has 0 radical (unpaired) electrons. The summed E-state index contributed by atoms with van der Waals surface area (Å²) in [6, 6.07) is 4.23. The van der Waals surface area contributed by atoms with Crippen LogP contribution in [0.3, 0.4) is 0 Å². The number of pyridine rings is 1. The van der Waals surface area contributed by atoms with Crippen molar-refractivity contribution in [3.8, 4) is 12.3 Å². The van der Waals surface area contributed by atoms with Crippen molar-refractivity contribution in [2.24, 2.45) is 0 Å². The molecular weight excluding hydrogens is 480 g/mol. The number of benzene rings is 1. The molecule has 0 spiro atoms. The summed E-state index contributed by atoms with van der Waals surface area (Å²) in [5.41, 5.74) is 0.296. The highest BCUT2D eigenvalue weighted by molar-refractivity contribution is 7.89. The second-order valence-electron chi connectivity index (χ2n) is 8.17. The third-order valence-electron chi connectivity index (χ3n) is 5.90. The first-order chi connectivity index (χ1) is 16.3. The van der Waals surface area contributed by atoms with E-state index in [9.17, 15) is 18.0 Å². The van der Waals surface area contributed by atoms with Gasteiger partial charge in [-0.2, -0.15) is 4.31 Å². The number of fused-ring (bicyclic) bond motifs is 3. The fourth-order valence-corrected chi connectivity index (χ4v) is 5.91. The van der Waals surface area contributed by atoms with Crippen LogP contribution in [0, 0.1) is 12.3 Å². The van der Waals surface area contributed by atoms with E-state index in [0.717, 1.165) is 12.8 Å². The van der Waals surface area contributed by atoms with Crippen LogP contribution in [0.4, 0.5) is 0 Å². The number of carbonyl (C=O) groups is 1. The number of ether oxygens (including phenoxy) is 1. The van der Waals surface area contributed by atoms with Gasteiger partial charge < -0.3 is 14.7 Å². The summed E-state index contributed by atoms with van der Waals surface area (Å²) in [6.45, 7) is 2.83. The van der Waals surface area contributed by atoms with Crippen molar-refractivity contribution >= 4 is 49.6 Å². The standard InChI is InChI=1S/C23H25ClN4O5S/c1-3-9-27(14-15-6-5-10-28(15)24)34(31,32)16-7-8-19-17(12-16)20-18(23(30)33-11-4-2)13-25-21(20)22(29)26-19/h1,7-8,12-13,15,25H,4-6,9-11,14H2,2H3,(H,26,29)/t15-/m0/s1. The number of nitrogens with zero attached hydrogens (tertiary/aromatic N) is 2. The molecule has 1 aliphatic rings. The highest BCUT2D eigenvalue weighted by Gasteiger charge is 2.31. The van der Waals surface area contributed by atoms with E-state index in [1.54, 1.807) is 4.42 Å². The minimum absolute atomic E-state index is 0.00297. The Morgan fingerprint density at radius 2 is 2.21 bits per heavy atom. The van der Waals surface area contributed by atoms with Crippen LogP contribution >= 0.6 is 11.8 Å². The molecule has 1 atom stereocenters. The van der Waals surface area contributed by atoms with E-state index < -0.39 is 21.6 Å². The lowest BCUT2D eigenvalue weighted by molar-refractivity contribution is 0.0507. The Morgan fingerprint density at radius 3 is 2.88 bits per heavy atom. The summed E-state index contributed by atoms with van der Waals surface area (Å²) in [5, 5.41) is 0.712. The van der Waals surface area contributed by atoms with E-state index in [0.29, 0.717) is 29.3 Å². The van der Waals surface area contributed by atoms with Crippen LogP contribution in [0.25, 0.3) is 21.8 Å². The molecule has 1 aromatic carbocycles. The Bertz CT molecular complexity index is 1440. The van der Waals surface area contributed by atoms with E-state index in [-0.39, 0.29) is 41.7 Å². The van der Waals surface area contributed by atoms with Gasteiger partial charge in [-0.3, -0.25) is 4.79 Å². The van der Waals surface area contributed by atoms with Crippen LogP contribution in [0.2, 0.25) is 0 Å². The van der Waals surface area contributed by atoms with Gasteiger partial charge in [-0.1, -0.05) is 12.8 Å². The number of sulfonamides is 1. The van der Waals surface area contributed by atoms with Crippen LogP contribution in [0.5, 0.6) is 0 Å². The summed E-state index contributed by atoms with van der Waals surface area (Å²) in [5.74, 6) is 1.83. The summed E-state index contributed by atoms with van der Waals surface area (Å²) >= 11 is 6.23. The van der Waals surface area contributed by atoms with E-state index in [1.165, 1.54) is 28.7 Å². The summed E-state index contributed by atoms with van der Waals surface area (Å²) in [4.78, 5) is 30.7. The van der Waals surface area contributed by atoms with Crippen LogP contribution < -0.4 is 5.56 Å². The lowest BCUT2D eigenvalue weighted by Gasteiger charge is -2.25. The summed E-state index contributed by atoms with van der Waals surface area (Å²) < 4.78 is 35.2. The zero-order chi connectivity index (χ0) is 24.5. The molecule has 1 saturated heterocycles. The highest BCUT2D eigenvalue weighted by atomic mass is 35.5. The van der Waals surface area contributed by atoms with Crippen LogP contribution in [0.15, 0.2) is 34.1 Å². The Hall–Kier alpha value is -2.84. The minimum Gasteiger partial charge on any atom is -0.462 e. The molecule has 4 rings (SSSR count). The van der Waals surface area contributed by atoms with E-state index in [1.807, 2.05) is 6.92 Å². The number of H-pyrrole nitrogens is 2. The first kappa shape index (κ1) is 24.3. The van der Waals surface area contributed by atoms with Crippen molar-refractivity contribution in [1.29, 1.82) is 0 Å². The van der Waals surface area contributed by atoms with Gasteiger partial charge in [0.15, 0.2) is 0 Å². The fourth-order valence-electron chi connectivity index (χ4n) is 4.21. The molecule has 3 heterocycles. The monoisotopic (exact) mass is 504 g/mol. The molecule has 2 N–H and O–H groups in total. The maximum Gasteiger partial charge on any atom is 0.340 e. The van der Waals surface area contributed by atoms with Crippen molar-refractivity contribution in [2.45, 2.75) is 37.1 Å². The fraction of sp³-hybridized carbons (Fsp3) is 0.391. The predicted molar refractivity (Wildman–Crippen MR) is 130 cm³/mol. The first-order valence-corrected chi connectivity index (χ1v) is 12.8. The molecule has 1 aliphatic heterocycles. The molecular formula is C23H25ClN4O5S. The van der Waals surface area contributed by atoms with Crippen LogP contribution in [0.1, 0.15) is 36.5 Å². The molecule has 9 nitrogen and oxygen atoms in total. The first-order valence-electron chi connectivity index (χ1n) is 11.0. The Morgan fingerprint density at radius 1 is 1.41 bits per heavy atom. The molecule has 0 amide bonds. The van der Waals surface area contributed by atoms with Gasteiger partial charge in [-0.05, 0) is 49.2 Å². The Labute approximate surface area is 202 Å². The van der Waals surface area contributed by atoms with Crippen LogP contribution in [-0.2, 0) is 14.8 Å². The zero-order valence-corrected chi connectivity index (χ0v) is 20.2. The van der Waals surface area contributed by atoms with E-state index in [4.69, 9.17) is 22.9 Å². The molecule has 1 fully saturated rings. The van der Waals surface area contributed by atoms with Crippen molar-refractivity contribution in [3.63, 3.8) is 0 Å².